The zero-order valence-electron chi connectivity index (χ0n) is 17.8. The second kappa shape index (κ2) is 8.47. The molecule has 3 heterocycles. The van der Waals surface area contributed by atoms with Crippen LogP contribution in [0.15, 0.2) is 42.9 Å². The van der Waals surface area contributed by atoms with Crippen LogP contribution < -0.4 is 4.74 Å². The molecule has 0 fully saturated rings. The summed E-state index contributed by atoms with van der Waals surface area (Å²) in [6, 6.07) is 6.19. The van der Waals surface area contributed by atoms with Gasteiger partial charge >= 0.3 is 6.18 Å². The molecule has 1 unspecified atom stereocenters. The Kier molecular flexibility index (Phi) is 5.56. The summed E-state index contributed by atoms with van der Waals surface area (Å²) in [5.41, 5.74) is 1.96. The molecule has 5 aromatic rings. The van der Waals surface area contributed by atoms with Crippen molar-refractivity contribution in [3.8, 4) is 22.8 Å². The predicted octanol–water partition coefficient (Wildman–Crippen LogP) is 5.19. The normalized spacial score (nSPS) is 13.0. The standard InChI is InChI=1S/C22H15ClF4N6O2/c1-10-30-13-3-5-16(19(24)21(13)31-10)35-15-4-2-12-20(18(15)23)32-14(7-28-12)11-6-29-33(8-11)9-17(34)22(25,26)27/h2-8,17,34H,9H2,1H3,(H,30,31). The monoisotopic (exact) mass is 506 g/mol. The number of nitrogens with one attached hydrogen (secondary N) is 1. The van der Waals surface area contributed by atoms with Crippen LogP contribution in [0.5, 0.6) is 11.5 Å². The van der Waals surface area contributed by atoms with E-state index in [0.717, 1.165) is 4.68 Å². The average Bonchev–Trinajstić information content (AvgIpc) is 3.43. The van der Waals surface area contributed by atoms with E-state index in [9.17, 15) is 22.7 Å². The van der Waals surface area contributed by atoms with Crippen LogP contribution in [-0.2, 0) is 6.54 Å². The molecule has 0 spiro atoms. The first-order chi connectivity index (χ1) is 16.6. The highest BCUT2D eigenvalue weighted by Crippen LogP contribution is 2.37. The van der Waals surface area contributed by atoms with Gasteiger partial charge in [-0.25, -0.2) is 14.4 Å². The van der Waals surface area contributed by atoms with E-state index in [-0.39, 0.29) is 33.2 Å². The molecule has 0 aliphatic carbocycles. The Balaban J connectivity index is 1.46. The van der Waals surface area contributed by atoms with Gasteiger partial charge in [0.1, 0.15) is 27.6 Å². The first-order valence-electron chi connectivity index (χ1n) is 10.2. The summed E-state index contributed by atoms with van der Waals surface area (Å²) in [7, 11) is 0. The molecule has 2 aromatic carbocycles. The third kappa shape index (κ3) is 4.37. The number of fused-ring (bicyclic) bond motifs is 2. The van der Waals surface area contributed by atoms with Crippen molar-refractivity contribution < 1.29 is 27.4 Å². The van der Waals surface area contributed by atoms with E-state index in [1.807, 2.05) is 0 Å². The fourth-order valence-corrected chi connectivity index (χ4v) is 3.71. The van der Waals surface area contributed by atoms with Crippen LogP contribution in [0.1, 0.15) is 5.82 Å². The predicted molar refractivity (Wildman–Crippen MR) is 119 cm³/mol. The van der Waals surface area contributed by atoms with Gasteiger partial charge in [0.05, 0.1) is 35.7 Å². The zero-order valence-corrected chi connectivity index (χ0v) is 18.6. The van der Waals surface area contributed by atoms with E-state index in [4.69, 9.17) is 16.3 Å². The fraction of sp³-hybridized carbons (Fsp3) is 0.182. The summed E-state index contributed by atoms with van der Waals surface area (Å²) in [6.07, 6.45) is -3.32. The van der Waals surface area contributed by atoms with Crippen molar-refractivity contribution in [3.05, 3.63) is 59.5 Å². The maximum Gasteiger partial charge on any atom is 0.416 e. The molecule has 13 heteroatoms. The largest absolute Gasteiger partial charge is 0.453 e. The lowest BCUT2D eigenvalue weighted by Crippen LogP contribution is -2.32. The molecule has 0 aliphatic heterocycles. The summed E-state index contributed by atoms with van der Waals surface area (Å²) in [5, 5.41) is 13.2. The number of benzene rings is 2. The van der Waals surface area contributed by atoms with Crippen LogP contribution in [0.25, 0.3) is 33.3 Å². The topological polar surface area (TPSA) is 102 Å². The van der Waals surface area contributed by atoms with Gasteiger partial charge in [0.2, 0.25) is 0 Å². The summed E-state index contributed by atoms with van der Waals surface area (Å²) >= 11 is 6.50. The number of aliphatic hydroxyl groups is 1. The highest BCUT2D eigenvalue weighted by molar-refractivity contribution is 6.36. The number of aromatic amines is 1. The summed E-state index contributed by atoms with van der Waals surface area (Å²) in [5.74, 6) is -0.0610. The van der Waals surface area contributed by atoms with Crippen LogP contribution in [0.4, 0.5) is 17.6 Å². The number of aromatic nitrogens is 6. The first kappa shape index (κ1) is 23.0. The molecule has 0 bridgehead atoms. The number of hydrogen-bond acceptors (Lipinski definition) is 6. The second-order valence-electron chi connectivity index (χ2n) is 7.71. The van der Waals surface area contributed by atoms with E-state index in [1.165, 1.54) is 30.7 Å². The molecule has 180 valence electrons. The van der Waals surface area contributed by atoms with E-state index >= 15 is 0 Å². The number of nitrogens with zero attached hydrogens (tertiary/aromatic N) is 5. The maximum atomic E-state index is 14.9. The Hall–Kier alpha value is -3.77. The van der Waals surface area contributed by atoms with E-state index in [2.05, 4.69) is 25.0 Å². The van der Waals surface area contributed by atoms with Crippen molar-refractivity contribution in [2.45, 2.75) is 25.7 Å². The summed E-state index contributed by atoms with van der Waals surface area (Å²) in [4.78, 5) is 15.8. The van der Waals surface area contributed by atoms with Crippen LogP contribution in [0, 0.1) is 12.7 Å². The zero-order chi connectivity index (χ0) is 24.9. The van der Waals surface area contributed by atoms with Gasteiger partial charge in [0.25, 0.3) is 0 Å². The van der Waals surface area contributed by atoms with Gasteiger partial charge in [0, 0.05) is 11.8 Å². The van der Waals surface area contributed by atoms with Crippen LogP contribution in [0.3, 0.4) is 0 Å². The number of H-pyrrole nitrogens is 1. The van der Waals surface area contributed by atoms with Gasteiger partial charge in [-0.3, -0.25) is 9.67 Å². The fourth-order valence-electron chi connectivity index (χ4n) is 3.46. The number of imidazole rings is 1. The van der Waals surface area contributed by atoms with Crippen LogP contribution in [0.2, 0.25) is 5.02 Å². The average molecular weight is 507 g/mol. The molecule has 0 aliphatic rings. The minimum absolute atomic E-state index is 0.0643. The number of aliphatic hydroxyl groups excluding tert-OH is 1. The molecule has 0 amide bonds. The maximum absolute atomic E-state index is 14.9. The molecule has 35 heavy (non-hydrogen) atoms. The van der Waals surface area contributed by atoms with Gasteiger partial charge < -0.3 is 14.8 Å². The van der Waals surface area contributed by atoms with Crippen molar-refractivity contribution in [1.82, 2.24) is 29.7 Å². The number of rotatable bonds is 5. The quantitative estimate of drug-likeness (QED) is 0.318. The number of ether oxygens (including phenoxy) is 1. The van der Waals surface area contributed by atoms with Gasteiger partial charge in [0.15, 0.2) is 17.7 Å². The Labute approximate surface area is 199 Å². The molecule has 2 N–H and O–H groups in total. The van der Waals surface area contributed by atoms with Gasteiger partial charge in [-0.1, -0.05) is 11.6 Å². The van der Waals surface area contributed by atoms with Crippen molar-refractivity contribution in [1.29, 1.82) is 0 Å². The van der Waals surface area contributed by atoms with Crippen molar-refractivity contribution >= 4 is 33.7 Å². The highest BCUT2D eigenvalue weighted by atomic mass is 35.5. The van der Waals surface area contributed by atoms with Gasteiger partial charge in [-0.05, 0) is 31.2 Å². The lowest BCUT2D eigenvalue weighted by Gasteiger charge is -2.13. The molecule has 8 nitrogen and oxygen atoms in total. The Morgan fingerprint density at radius 3 is 2.66 bits per heavy atom. The second-order valence-corrected chi connectivity index (χ2v) is 8.09. The molecule has 0 saturated heterocycles. The lowest BCUT2D eigenvalue weighted by atomic mass is 10.2. The molecule has 0 radical (unpaired) electrons. The molecule has 3 aromatic heterocycles. The van der Waals surface area contributed by atoms with Crippen molar-refractivity contribution in [2.24, 2.45) is 0 Å². The Morgan fingerprint density at radius 2 is 1.89 bits per heavy atom. The first-order valence-corrected chi connectivity index (χ1v) is 10.5. The SMILES string of the molecule is Cc1nc2c(F)c(Oc3ccc4ncc(-c5cnn(CC(O)C(F)(F)F)c5)nc4c3Cl)ccc2[nH]1. The number of aryl methyl sites for hydroxylation is 1. The molecule has 0 saturated carbocycles. The Morgan fingerprint density at radius 1 is 1.11 bits per heavy atom. The molecular weight excluding hydrogens is 492 g/mol. The van der Waals surface area contributed by atoms with E-state index in [0.29, 0.717) is 22.4 Å². The minimum Gasteiger partial charge on any atom is -0.453 e. The lowest BCUT2D eigenvalue weighted by molar-refractivity contribution is -0.208. The summed E-state index contributed by atoms with van der Waals surface area (Å²) in [6.45, 7) is 0.938. The summed E-state index contributed by atoms with van der Waals surface area (Å²) < 4.78 is 59.4. The number of hydrogen-bond donors (Lipinski definition) is 2. The smallest absolute Gasteiger partial charge is 0.416 e. The van der Waals surface area contributed by atoms with Crippen LogP contribution in [-0.4, -0.2) is 47.1 Å². The molecule has 5 rings (SSSR count). The third-order valence-electron chi connectivity index (χ3n) is 5.18. The highest BCUT2D eigenvalue weighted by Gasteiger charge is 2.38. The molecular formula is C22H15ClF4N6O2. The van der Waals surface area contributed by atoms with E-state index in [1.54, 1.807) is 19.1 Å². The van der Waals surface area contributed by atoms with Crippen molar-refractivity contribution in [2.75, 3.05) is 0 Å². The number of alkyl halides is 3. The third-order valence-corrected chi connectivity index (χ3v) is 5.55. The Bertz CT molecular complexity index is 1570. The van der Waals surface area contributed by atoms with Crippen LogP contribution >= 0.6 is 11.6 Å². The minimum atomic E-state index is -4.77. The number of halogens is 5. The molecule has 1 atom stereocenters. The van der Waals surface area contributed by atoms with E-state index < -0.39 is 24.6 Å². The van der Waals surface area contributed by atoms with Gasteiger partial charge in [-0.15, -0.1) is 0 Å². The van der Waals surface area contributed by atoms with Crippen molar-refractivity contribution in [3.63, 3.8) is 0 Å². The van der Waals surface area contributed by atoms with Gasteiger partial charge in [-0.2, -0.15) is 18.3 Å².